The van der Waals surface area contributed by atoms with E-state index in [0.717, 1.165) is 0 Å². The summed E-state index contributed by atoms with van der Waals surface area (Å²) in [7, 11) is 0. The van der Waals surface area contributed by atoms with E-state index in [1.807, 2.05) is 0 Å². The standard InChI is InChI=1S/2C4H4BrNO2/c2*5-2-1-3(7)6-4(2)8/h2*2H,1H2,(H,6,7,8). The molecule has 8 heteroatoms. The van der Waals surface area contributed by atoms with Crippen LogP contribution in [0, 0.1) is 0 Å². The minimum Gasteiger partial charge on any atom is -0.295 e. The van der Waals surface area contributed by atoms with Crippen molar-refractivity contribution in [3.8, 4) is 0 Å². The molecule has 0 bridgehead atoms. The van der Waals surface area contributed by atoms with Crippen LogP contribution in [0.4, 0.5) is 0 Å². The van der Waals surface area contributed by atoms with Crippen LogP contribution < -0.4 is 10.6 Å². The Kier molecular flexibility index (Phi) is 4.60. The maximum atomic E-state index is 10.4. The van der Waals surface area contributed by atoms with E-state index in [1.165, 1.54) is 0 Å². The summed E-state index contributed by atoms with van der Waals surface area (Å²) in [4.78, 5) is 40.8. The number of halogens is 2. The quantitative estimate of drug-likeness (QED) is 0.456. The molecule has 6 nitrogen and oxygen atoms in total. The monoisotopic (exact) mass is 354 g/mol. The largest absolute Gasteiger partial charge is 0.295 e. The zero-order valence-electron chi connectivity index (χ0n) is 7.96. The van der Waals surface area contributed by atoms with Crippen LogP contribution in [0.5, 0.6) is 0 Å². The minimum atomic E-state index is -0.296. The number of hydrogen-bond acceptors (Lipinski definition) is 4. The highest BCUT2D eigenvalue weighted by atomic mass is 79.9. The van der Waals surface area contributed by atoms with Crippen molar-refractivity contribution in [1.29, 1.82) is 0 Å². The number of nitrogens with one attached hydrogen (secondary N) is 2. The number of amides is 4. The number of carbonyl (C=O) groups is 4. The Bertz CT molecular complexity index is 324. The Morgan fingerprint density at radius 2 is 1.12 bits per heavy atom. The van der Waals surface area contributed by atoms with Crippen molar-refractivity contribution in [3.63, 3.8) is 0 Å². The Balaban J connectivity index is 0.000000160. The molecule has 2 aliphatic rings. The van der Waals surface area contributed by atoms with Crippen molar-refractivity contribution in [2.75, 3.05) is 0 Å². The fourth-order valence-electron chi connectivity index (χ4n) is 1.04. The van der Waals surface area contributed by atoms with Crippen LogP contribution in [0.15, 0.2) is 0 Å². The second kappa shape index (κ2) is 5.53. The number of imide groups is 2. The number of carbonyl (C=O) groups excluding carboxylic acids is 4. The molecule has 2 saturated heterocycles. The van der Waals surface area contributed by atoms with Crippen molar-refractivity contribution in [3.05, 3.63) is 0 Å². The van der Waals surface area contributed by atoms with Gasteiger partial charge in [-0.05, 0) is 0 Å². The van der Waals surface area contributed by atoms with Crippen LogP contribution >= 0.6 is 31.9 Å². The van der Waals surface area contributed by atoms with Gasteiger partial charge in [-0.25, -0.2) is 0 Å². The molecule has 0 radical (unpaired) electrons. The highest BCUT2D eigenvalue weighted by Crippen LogP contribution is 2.10. The van der Waals surface area contributed by atoms with Crippen LogP contribution in [0.3, 0.4) is 0 Å². The number of hydrogen-bond donors (Lipinski definition) is 2. The van der Waals surface area contributed by atoms with Crippen molar-refractivity contribution < 1.29 is 19.2 Å². The summed E-state index contributed by atoms with van der Waals surface area (Å²) in [5.41, 5.74) is 0. The lowest BCUT2D eigenvalue weighted by Crippen LogP contribution is -2.21. The summed E-state index contributed by atoms with van der Waals surface area (Å²) >= 11 is 6.02. The van der Waals surface area contributed by atoms with Crippen LogP contribution in [-0.2, 0) is 19.2 Å². The summed E-state index contributed by atoms with van der Waals surface area (Å²) in [5, 5.41) is 4.28. The summed E-state index contributed by atoms with van der Waals surface area (Å²) in [6.07, 6.45) is 0.553. The lowest BCUT2D eigenvalue weighted by molar-refractivity contribution is -0.126. The van der Waals surface area contributed by atoms with Gasteiger partial charge in [-0.2, -0.15) is 0 Å². The van der Waals surface area contributed by atoms with Gasteiger partial charge in [0, 0.05) is 12.8 Å². The average Bonchev–Trinajstić information content (AvgIpc) is 2.58. The second-order valence-corrected chi connectivity index (χ2v) is 5.38. The zero-order valence-corrected chi connectivity index (χ0v) is 11.1. The molecule has 4 amide bonds. The Hall–Kier alpha value is -0.760. The molecule has 2 unspecified atom stereocenters. The lowest BCUT2D eigenvalue weighted by Gasteiger charge is -1.86. The van der Waals surface area contributed by atoms with Gasteiger partial charge < -0.3 is 0 Å². The Morgan fingerprint density at radius 1 is 0.812 bits per heavy atom. The van der Waals surface area contributed by atoms with E-state index in [-0.39, 0.29) is 46.1 Å². The molecule has 0 aliphatic carbocycles. The summed E-state index contributed by atoms with van der Waals surface area (Å²) in [5.74, 6) is -0.848. The van der Waals surface area contributed by atoms with Gasteiger partial charge in [-0.3, -0.25) is 29.8 Å². The van der Waals surface area contributed by atoms with E-state index in [1.54, 1.807) is 0 Å². The molecule has 0 aromatic rings. The second-order valence-electron chi connectivity index (χ2n) is 3.17. The van der Waals surface area contributed by atoms with Crippen molar-refractivity contribution in [2.45, 2.75) is 22.5 Å². The summed E-state index contributed by atoms with van der Waals surface area (Å²) < 4.78 is 0. The molecule has 2 aliphatic heterocycles. The van der Waals surface area contributed by atoms with Gasteiger partial charge in [-0.15, -0.1) is 0 Å². The molecule has 2 fully saturated rings. The van der Waals surface area contributed by atoms with Gasteiger partial charge in [0.25, 0.3) is 0 Å². The van der Waals surface area contributed by atoms with E-state index < -0.39 is 0 Å². The molecule has 2 N–H and O–H groups in total. The van der Waals surface area contributed by atoms with Gasteiger partial charge in [-0.1, -0.05) is 31.9 Å². The van der Waals surface area contributed by atoms with Gasteiger partial charge in [0.05, 0.1) is 0 Å². The first-order valence-corrected chi connectivity index (χ1v) is 6.19. The van der Waals surface area contributed by atoms with Crippen LogP contribution in [-0.4, -0.2) is 33.3 Å². The molecule has 16 heavy (non-hydrogen) atoms. The van der Waals surface area contributed by atoms with E-state index >= 15 is 0 Å². The maximum Gasteiger partial charge on any atom is 0.240 e. The van der Waals surface area contributed by atoms with Gasteiger partial charge in [0.15, 0.2) is 0 Å². The smallest absolute Gasteiger partial charge is 0.240 e. The van der Waals surface area contributed by atoms with Gasteiger partial charge in [0.1, 0.15) is 9.65 Å². The fraction of sp³-hybridized carbons (Fsp3) is 0.500. The first-order valence-electron chi connectivity index (χ1n) is 4.35. The fourth-order valence-corrected chi connectivity index (χ4v) is 1.86. The molecule has 0 spiro atoms. The first kappa shape index (κ1) is 13.3. The van der Waals surface area contributed by atoms with Crippen LogP contribution in [0.2, 0.25) is 0 Å². The maximum absolute atomic E-state index is 10.4. The molecule has 2 rings (SSSR count). The van der Waals surface area contributed by atoms with E-state index in [9.17, 15) is 19.2 Å². The van der Waals surface area contributed by atoms with Gasteiger partial charge in [0.2, 0.25) is 23.6 Å². The molecular weight excluding hydrogens is 348 g/mol. The highest BCUT2D eigenvalue weighted by Gasteiger charge is 2.27. The molecule has 2 atom stereocenters. The summed E-state index contributed by atoms with van der Waals surface area (Å²) in [6, 6.07) is 0. The highest BCUT2D eigenvalue weighted by molar-refractivity contribution is 9.10. The number of rotatable bonds is 0. The van der Waals surface area contributed by atoms with Crippen LogP contribution in [0.1, 0.15) is 12.8 Å². The Morgan fingerprint density at radius 3 is 1.19 bits per heavy atom. The van der Waals surface area contributed by atoms with Crippen molar-refractivity contribution in [2.24, 2.45) is 0 Å². The molecule has 88 valence electrons. The first-order chi connectivity index (χ1) is 7.40. The van der Waals surface area contributed by atoms with E-state index in [2.05, 4.69) is 42.5 Å². The van der Waals surface area contributed by atoms with E-state index in [0.29, 0.717) is 0 Å². The topological polar surface area (TPSA) is 92.3 Å². The minimum absolute atomic E-state index is 0.197. The Labute approximate surface area is 108 Å². The predicted molar refractivity (Wildman–Crippen MR) is 61.0 cm³/mol. The lowest BCUT2D eigenvalue weighted by atomic mass is 10.4. The molecule has 0 saturated carbocycles. The van der Waals surface area contributed by atoms with Crippen molar-refractivity contribution >= 4 is 55.5 Å². The third kappa shape index (κ3) is 3.67. The molecule has 2 heterocycles. The van der Waals surface area contributed by atoms with Gasteiger partial charge >= 0.3 is 0 Å². The predicted octanol–water partition coefficient (Wildman–Crippen LogP) is -0.407. The normalized spacial score (nSPS) is 28.4. The molecular formula is C8H8Br2N2O4. The van der Waals surface area contributed by atoms with Crippen LogP contribution in [0.25, 0.3) is 0 Å². The average molecular weight is 356 g/mol. The molecule has 0 aromatic heterocycles. The zero-order chi connectivity index (χ0) is 12.3. The van der Waals surface area contributed by atoms with E-state index in [4.69, 9.17) is 0 Å². The van der Waals surface area contributed by atoms with Crippen molar-refractivity contribution in [1.82, 2.24) is 10.6 Å². The third-order valence-corrected chi connectivity index (χ3v) is 3.30. The SMILES string of the molecule is O=C1CC(Br)C(=O)N1.O=C1CC(Br)C(=O)N1. The summed E-state index contributed by atoms with van der Waals surface area (Å²) in [6.45, 7) is 0. The molecule has 0 aromatic carbocycles. The number of alkyl halides is 2. The third-order valence-electron chi connectivity index (χ3n) is 1.82.